The minimum Gasteiger partial charge on any atom is -0.465 e. The number of aromatic nitrogens is 1. The zero-order valence-corrected chi connectivity index (χ0v) is 14.1. The molecule has 1 saturated heterocycles. The lowest BCUT2D eigenvalue weighted by atomic mass is 10.3. The average Bonchev–Trinajstić information content (AvgIpc) is 2.59. The van der Waals surface area contributed by atoms with Gasteiger partial charge in [-0.05, 0) is 6.07 Å². The second kappa shape index (κ2) is 7.82. The van der Waals surface area contributed by atoms with Gasteiger partial charge in [0.1, 0.15) is 4.90 Å². The van der Waals surface area contributed by atoms with Crippen molar-refractivity contribution in [1.82, 2.24) is 14.2 Å². The van der Waals surface area contributed by atoms with E-state index < -0.39 is 16.0 Å². The number of ether oxygens (including phenoxy) is 2. The van der Waals surface area contributed by atoms with E-state index in [1.807, 2.05) is 0 Å². The van der Waals surface area contributed by atoms with Crippen molar-refractivity contribution < 1.29 is 22.7 Å². The molecule has 1 aromatic rings. The summed E-state index contributed by atoms with van der Waals surface area (Å²) in [6, 6.07) is 1.28. The molecule has 2 rings (SSSR count). The van der Waals surface area contributed by atoms with Gasteiger partial charge in [-0.15, -0.1) is 0 Å². The number of nitrogens with zero attached hydrogens (tertiary/aromatic N) is 3. The first-order chi connectivity index (χ1) is 10.9. The molecular weight excluding hydrogens is 322 g/mol. The fourth-order valence-corrected chi connectivity index (χ4v) is 3.35. The van der Waals surface area contributed by atoms with Crippen molar-refractivity contribution in [1.29, 1.82) is 0 Å². The molecule has 1 aliphatic rings. The van der Waals surface area contributed by atoms with Crippen molar-refractivity contribution >= 4 is 16.0 Å². The first kappa shape index (κ1) is 17.8. The molecular formula is C14H21N3O5S. The number of likely N-dealkylation sites (N-methyl/N-ethyl adjacent to an activating group) is 1. The van der Waals surface area contributed by atoms with E-state index in [1.54, 1.807) is 0 Å². The molecule has 1 fully saturated rings. The first-order valence-corrected chi connectivity index (χ1v) is 8.69. The van der Waals surface area contributed by atoms with Gasteiger partial charge in [0.15, 0.2) is 0 Å². The van der Waals surface area contributed by atoms with E-state index in [0.717, 1.165) is 13.1 Å². The number of rotatable bonds is 6. The van der Waals surface area contributed by atoms with Crippen LogP contribution in [0.2, 0.25) is 0 Å². The Morgan fingerprint density at radius 3 is 2.74 bits per heavy atom. The molecule has 8 nitrogen and oxygen atoms in total. The van der Waals surface area contributed by atoms with Crippen molar-refractivity contribution in [3.05, 3.63) is 24.0 Å². The molecule has 0 saturated carbocycles. The first-order valence-electron chi connectivity index (χ1n) is 7.25. The maximum Gasteiger partial charge on any atom is 0.339 e. The van der Waals surface area contributed by atoms with Crippen molar-refractivity contribution in [3.63, 3.8) is 0 Å². The monoisotopic (exact) mass is 343 g/mol. The molecule has 1 aromatic heterocycles. The molecule has 0 aromatic carbocycles. The molecule has 0 unspecified atom stereocenters. The summed E-state index contributed by atoms with van der Waals surface area (Å²) in [6.45, 7) is 3.91. The second-order valence-electron chi connectivity index (χ2n) is 5.18. The van der Waals surface area contributed by atoms with Crippen molar-refractivity contribution in [2.45, 2.75) is 4.90 Å². The van der Waals surface area contributed by atoms with Gasteiger partial charge in [-0.25, -0.2) is 13.2 Å². The molecule has 0 atom stereocenters. The highest BCUT2D eigenvalue weighted by Crippen LogP contribution is 2.15. The molecule has 0 spiro atoms. The number of carbonyl (C=O) groups excluding carboxylic acids is 1. The number of hydrogen-bond donors (Lipinski definition) is 0. The number of hydrogen-bond acceptors (Lipinski definition) is 7. The third-order valence-electron chi connectivity index (χ3n) is 3.68. The molecule has 0 N–H and O–H groups in total. The molecule has 1 aliphatic heterocycles. The molecule has 9 heteroatoms. The van der Waals surface area contributed by atoms with Crippen LogP contribution in [-0.2, 0) is 19.5 Å². The van der Waals surface area contributed by atoms with Crippen molar-refractivity contribution in [2.24, 2.45) is 0 Å². The van der Waals surface area contributed by atoms with E-state index in [2.05, 4.69) is 14.6 Å². The lowest BCUT2D eigenvalue weighted by molar-refractivity contribution is 0.0368. The van der Waals surface area contributed by atoms with Crippen LogP contribution in [0.5, 0.6) is 0 Å². The molecule has 0 amide bonds. The highest BCUT2D eigenvalue weighted by molar-refractivity contribution is 7.89. The maximum atomic E-state index is 12.6. The summed E-state index contributed by atoms with van der Waals surface area (Å²) in [5.41, 5.74) is 0.107. The number of methoxy groups -OCH3 is 1. The van der Waals surface area contributed by atoms with Crippen LogP contribution in [0, 0.1) is 0 Å². The van der Waals surface area contributed by atoms with Crippen LogP contribution in [-0.4, -0.2) is 82.1 Å². The minimum atomic E-state index is -3.70. The van der Waals surface area contributed by atoms with Gasteiger partial charge in [-0.3, -0.25) is 9.88 Å². The van der Waals surface area contributed by atoms with Crippen LogP contribution in [0.25, 0.3) is 0 Å². The van der Waals surface area contributed by atoms with Gasteiger partial charge < -0.3 is 9.47 Å². The Morgan fingerprint density at radius 1 is 1.39 bits per heavy atom. The highest BCUT2D eigenvalue weighted by Gasteiger charge is 2.23. The van der Waals surface area contributed by atoms with Gasteiger partial charge >= 0.3 is 5.97 Å². The second-order valence-corrected chi connectivity index (χ2v) is 7.23. The Balaban J connectivity index is 2.06. The molecule has 23 heavy (non-hydrogen) atoms. The fourth-order valence-electron chi connectivity index (χ4n) is 2.20. The summed E-state index contributed by atoms with van der Waals surface area (Å²) in [4.78, 5) is 17.5. The van der Waals surface area contributed by atoms with Gasteiger partial charge in [0.05, 0.1) is 25.9 Å². The van der Waals surface area contributed by atoms with Crippen LogP contribution >= 0.6 is 0 Å². The quantitative estimate of drug-likeness (QED) is 0.662. The topological polar surface area (TPSA) is 89.0 Å². The number of sulfonamides is 1. The van der Waals surface area contributed by atoms with Gasteiger partial charge in [0.25, 0.3) is 0 Å². The largest absolute Gasteiger partial charge is 0.465 e. The molecule has 2 heterocycles. The fraction of sp³-hybridized carbons (Fsp3) is 0.571. The SMILES string of the molecule is COC(=O)c1cncc(S(=O)(=O)N(C)CCN2CCOCC2)c1. The Hall–Kier alpha value is -1.55. The number of morpholine rings is 1. The van der Waals surface area contributed by atoms with E-state index in [4.69, 9.17) is 4.74 Å². The Kier molecular flexibility index (Phi) is 6.05. The van der Waals surface area contributed by atoms with Crippen molar-refractivity contribution in [2.75, 3.05) is 53.6 Å². The predicted octanol–water partition coefficient (Wildman–Crippen LogP) is -0.179. The van der Waals surface area contributed by atoms with Crippen LogP contribution in [0.3, 0.4) is 0 Å². The predicted molar refractivity (Wildman–Crippen MR) is 82.7 cm³/mol. The number of esters is 1. The van der Waals surface area contributed by atoms with E-state index in [1.165, 1.54) is 36.9 Å². The maximum absolute atomic E-state index is 12.6. The van der Waals surface area contributed by atoms with Crippen LogP contribution in [0.4, 0.5) is 0 Å². The number of carbonyl (C=O) groups is 1. The van der Waals surface area contributed by atoms with E-state index in [-0.39, 0.29) is 10.5 Å². The smallest absolute Gasteiger partial charge is 0.339 e. The average molecular weight is 343 g/mol. The summed E-state index contributed by atoms with van der Waals surface area (Å²) in [5.74, 6) is -0.620. The van der Waals surface area contributed by atoms with E-state index >= 15 is 0 Å². The zero-order valence-electron chi connectivity index (χ0n) is 13.3. The lowest BCUT2D eigenvalue weighted by Crippen LogP contribution is -2.41. The van der Waals surface area contributed by atoms with E-state index in [0.29, 0.717) is 26.3 Å². The van der Waals surface area contributed by atoms with Gasteiger partial charge in [-0.1, -0.05) is 0 Å². The Morgan fingerprint density at radius 2 is 2.09 bits per heavy atom. The Labute approximate surface area is 136 Å². The van der Waals surface area contributed by atoms with E-state index in [9.17, 15) is 13.2 Å². The summed E-state index contributed by atoms with van der Waals surface area (Å²) in [5, 5.41) is 0. The molecule has 128 valence electrons. The molecule has 0 aliphatic carbocycles. The summed E-state index contributed by atoms with van der Waals surface area (Å²) in [7, 11) is -0.950. The van der Waals surface area contributed by atoms with Gasteiger partial charge in [0.2, 0.25) is 10.0 Å². The van der Waals surface area contributed by atoms with Gasteiger partial charge in [-0.2, -0.15) is 4.31 Å². The third-order valence-corrected chi connectivity index (χ3v) is 5.50. The van der Waals surface area contributed by atoms with Crippen LogP contribution in [0.15, 0.2) is 23.4 Å². The van der Waals surface area contributed by atoms with Crippen LogP contribution < -0.4 is 0 Å². The molecule has 0 radical (unpaired) electrons. The summed E-state index contributed by atoms with van der Waals surface area (Å²) >= 11 is 0. The summed E-state index contributed by atoms with van der Waals surface area (Å²) in [6.07, 6.45) is 2.51. The number of pyridine rings is 1. The van der Waals surface area contributed by atoms with Crippen LogP contribution in [0.1, 0.15) is 10.4 Å². The lowest BCUT2D eigenvalue weighted by Gasteiger charge is -2.28. The van der Waals surface area contributed by atoms with Gasteiger partial charge in [0, 0.05) is 45.6 Å². The van der Waals surface area contributed by atoms with Crippen molar-refractivity contribution in [3.8, 4) is 0 Å². The Bertz CT molecular complexity index is 644. The normalized spacial score (nSPS) is 16.5. The zero-order chi connectivity index (χ0) is 16.9. The molecule has 0 bridgehead atoms. The highest BCUT2D eigenvalue weighted by atomic mass is 32.2. The minimum absolute atomic E-state index is 0.0233. The standard InChI is InChI=1S/C14H21N3O5S/c1-16(3-4-17-5-7-22-8-6-17)23(19,20)13-9-12(10-15-11-13)14(18)21-2/h9-11H,3-8H2,1-2H3. The summed E-state index contributed by atoms with van der Waals surface area (Å²) < 4.78 is 36.2. The third kappa shape index (κ3) is 4.47.